The first-order valence-electron chi connectivity index (χ1n) is 6.42. The van der Waals surface area contributed by atoms with Crippen molar-refractivity contribution in [2.75, 3.05) is 6.54 Å². The Balaban J connectivity index is 2.51. The molecule has 0 fully saturated rings. The van der Waals surface area contributed by atoms with E-state index in [4.69, 9.17) is 17.3 Å². The van der Waals surface area contributed by atoms with Crippen LogP contribution in [0, 0.1) is 11.3 Å². The molecule has 0 bridgehead atoms. The maximum absolute atomic E-state index is 6.32. The number of benzene rings is 1. The molecule has 0 heterocycles. The topological polar surface area (TPSA) is 26.0 Å². The van der Waals surface area contributed by atoms with Crippen molar-refractivity contribution in [1.82, 2.24) is 0 Å². The van der Waals surface area contributed by atoms with Crippen LogP contribution in [0.5, 0.6) is 0 Å². The Hall–Kier alpha value is -0.530. The highest BCUT2D eigenvalue weighted by Crippen LogP contribution is 2.47. The molecule has 2 heteroatoms. The van der Waals surface area contributed by atoms with Gasteiger partial charge in [-0.25, -0.2) is 0 Å². The van der Waals surface area contributed by atoms with E-state index < -0.39 is 0 Å². The molecule has 2 unspecified atom stereocenters. The van der Waals surface area contributed by atoms with Crippen molar-refractivity contribution < 1.29 is 0 Å². The Morgan fingerprint density at radius 2 is 2.06 bits per heavy atom. The monoisotopic (exact) mass is 251 g/mol. The minimum Gasteiger partial charge on any atom is -0.330 e. The Labute approximate surface area is 109 Å². The first-order chi connectivity index (χ1) is 7.95. The van der Waals surface area contributed by atoms with E-state index in [2.05, 4.69) is 32.9 Å². The molecule has 2 atom stereocenters. The van der Waals surface area contributed by atoms with Gasteiger partial charge in [-0.05, 0) is 53.8 Å². The van der Waals surface area contributed by atoms with Gasteiger partial charge in [-0.15, -0.1) is 0 Å². The van der Waals surface area contributed by atoms with Gasteiger partial charge in [0, 0.05) is 5.02 Å². The van der Waals surface area contributed by atoms with Gasteiger partial charge < -0.3 is 5.73 Å². The maximum Gasteiger partial charge on any atom is 0.0440 e. The molecule has 0 aliphatic heterocycles. The SMILES string of the molecule is CC(C)(C)C1c2cccc(Cl)c2CCC1CN. The molecule has 1 nitrogen and oxygen atoms in total. The zero-order valence-electron chi connectivity index (χ0n) is 11.0. The first kappa shape index (κ1) is 12.9. The van der Waals surface area contributed by atoms with Gasteiger partial charge in [0.15, 0.2) is 0 Å². The van der Waals surface area contributed by atoms with Gasteiger partial charge in [0.2, 0.25) is 0 Å². The highest BCUT2D eigenvalue weighted by atomic mass is 35.5. The molecule has 0 amide bonds. The molecule has 17 heavy (non-hydrogen) atoms. The van der Waals surface area contributed by atoms with Crippen LogP contribution >= 0.6 is 11.6 Å². The Morgan fingerprint density at radius 3 is 2.65 bits per heavy atom. The fraction of sp³-hybridized carbons (Fsp3) is 0.600. The molecular formula is C15H22ClN. The summed E-state index contributed by atoms with van der Waals surface area (Å²) in [6.07, 6.45) is 2.23. The van der Waals surface area contributed by atoms with Gasteiger partial charge in [-0.2, -0.15) is 0 Å². The number of rotatable bonds is 1. The third-order valence-electron chi connectivity index (χ3n) is 3.96. The zero-order chi connectivity index (χ0) is 12.6. The average Bonchev–Trinajstić information content (AvgIpc) is 2.26. The first-order valence-corrected chi connectivity index (χ1v) is 6.80. The molecule has 1 aromatic carbocycles. The lowest BCUT2D eigenvalue weighted by Crippen LogP contribution is -2.35. The molecule has 0 aromatic heterocycles. The van der Waals surface area contributed by atoms with Gasteiger partial charge >= 0.3 is 0 Å². The predicted octanol–water partition coefficient (Wildman–Crippen LogP) is 3.99. The van der Waals surface area contributed by atoms with Crippen LogP contribution in [0.25, 0.3) is 0 Å². The molecular weight excluding hydrogens is 230 g/mol. The molecule has 1 aliphatic carbocycles. The molecule has 1 aliphatic rings. The van der Waals surface area contributed by atoms with Crippen LogP contribution in [0.4, 0.5) is 0 Å². The second kappa shape index (κ2) is 4.62. The standard InChI is InChI=1S/C15H22ClN/c1-15(2,3)14-10(9-17)7-8-11-12(14)5-4-6-13(11)16/h4-6,10,14H,7-9,17H2,1-3H3. The summed E-state index contributed by atoms with van der Waals surface area (Å²) >= 11 is 6.32. The number of hydrogen-bond donors (Lipinski definition) is 1. The molecule has 2 N–H and O–H groups in total. The van der Waals surface area contributed by atoms with Gasteiger partial charge in [0.05, 0.1) is 0 Å². The lowest BCUT2D eigenvalue weighted by Gasteiger charge is -2.41. The van der Waals surface area contributed by atoms with E-state index >= 15 is 0 Å². The van der Waals surface area contributed by atoms with Crippen molar-refractivity contribution in [3.05, 3.63) is 34.3 Å². The zero-order valence-corrected chi connectivity index (χ0v) is 11.7. The molecule has 0 saturated heterocycles. The van der Waals surface area contributed by atoms with Crippen LogP contribution in [-0.2, 0) is 6.42 Å². The highest BCUT2D eigenvalue weighted by Gasteiger charge is 2.37. The summed E-state index contributed by atoms with van der Waals surface area (Å²) in [7, 11) is 0. The quantitative estimate of drug-likeness (QED) is 0.803. The summed E-state index contributed by atoms with van der Waals surface area (Å²) in [5.41, 5.74) is 8.96. The second-order valence-electron chi connectivity index (χ2n) is 6.19. The molecule has 1 aromatic rings. The van der Waals surface area contributed by atoms with Crippen molar-refractivity contribution in [2.45, 2.75) is 39.5 Å². The van der Waals surface area contributed by atoms with Crippen LogP contribution in [-0.4, -0.2) is 6.54 Å². The summed E-state index contributed by atoms with van der Waals surface area (Å²) in [5.74, 6) is 1.11. The lowest BCUT2D eigenvalue weighted by atomic mass is 9.64. The fourth-order valence-corrected chi connectivity index (χ4v) is 3.58. The van der Waals surface area contributed by atoms with Crippen LogP contribution in [0.15, 0.2) is 18.2 Å². The molecule has 0 saturated carbocycles. The fourth-order valence-electron chi connectivity index (χ4n) is 3.31. The van der Waals surface area contributed by atoms with E-state index in [0.29, 0.717) is 11.8 Å². The van der Waals surface area contributed by atoms with E-state index in [9.17, 15) is 0 Å². The van der Waals surface area contributed by atoms with Crippen molar-refractivity contribution in [1.29, 1.82) is 0 Å². The lowest BCUT2D eigenvalue weighted by molar-refractivity contribution is 0.216. The Morgan fingerprint density at radius 1 is 1.35 bits per heavy atom. The third kappa shape index (κ3) is 2.36. The van der Waals surface area contributed by atoms with Crippen molar-refractivity contribution >= 4 is 11.6 Å². The van der Waals surface area contributed by atoms with E-state index in [-0.39, 0.29) is 5.41 Å². The average molecular weight is 252 g/mol. The third-order valence-corrected chi connectivity index (χ3v) is 4.32. The minimum absolute atomic E-state index is 0.240. The number of halogens is 1. The molecule has 2 rings (SSSR count). The Kier molecular flexibility index (Phi) is 3.51. The van der Waals surface area contributed by atoms with Gasteiger partial charge in [-0.3, -0.25) is 0 Å². The van der Waals surface area contributed by atoms with Crippen LogP contribution in [0.1, 0.15) is 44.2 Å². The van der Waals surface area contributed by atoms with Crippen LogP contribution in [0.2, 0.25) is 5.02 Å². The van der Waals surface area contributed by atoms with E-state index in [1.54, 1.807) is 0 Å². The van der Waals surface area contributed by atoms with Crippen molar-refractivity contribution in [3.63, 3.8) is 0 Å². The predicted molar refractivity (Wildman–Crippen MR) is 74.5 cm³/mol. The largest absolute Gasteiger partial charge is 0.330 e. The second-order valence-corrected chi connectivity index (χ2v) is 6.59. The summed E-state index contributed by atoms with van der Waals surface area (Å²) < 4.78 is 0. The molecule has 0 spiro atoms. The number of fused-ring (bicyclic) bond motifs is 1. The van der Waals surface area contributed by atoms with E-state index in [1.807, 2.05) is 6.07 Å². The maximum atomic E-state index is 6.32. The summed E-state index contributed by atoms with van der Waals surface area (Å²) in [4.78, 5) is 0. The summed E-state index contributed by atoms with van der Waals surface area (Å²) in [5, 5.41) is 0.923. The normalized spacial score (nSPS) is 24.5. The minimum atomic E-state index is 0.240. The smallest absolute Gasteiger partial charge is 0.0440 e. The van der Waals surface area contributed by atoms with Gasteiger partial charge in [-0.1, -0.05) is 44.5 Å². The summed E-state index contributed by atoms with van der Waals surface area (Å²) in [6.45, 7) is 7.68. The van der Waals surface area contributed by atoms with E-state index in [1.165, 1.54) is 11.1 Å². The van der Waals surface area contributed by atoms with Gasteiger partial charge in [0.1, 0.15) is 0 Å². The summed E-state index contributed by atoms with van der Waals surface area (Å²) in [6, 6.07) is 6.31. The molecule has 94 valence electrons. The van der Waals surface area contributed by atoms with E-state index in [0.717, 1.165) is 24.4 Å². The Bertz CT molecular complexity index is 406. The number of hydrogen-bond acceptors (Lipinski definition) is 1. The van der Waals surface area contributed by atoms with Gasteiger partial charge in [0.25, 0.3) is 0 Å². The highest BCUT2D eigenvalue weighted by molar-refractivity contribution is 6.31. The van der Waals surface area contributed by atoms with Crippen LogP contribution in [0.3, 0.4) is 0 Å². The number of nitrogens with two attached hydrogens (primary N) is 1. The van der Waals surface area contributed by atoms with Crippen molar-refractivity contribution in [2.24, 2.45) is 17.1 Å². The molecule has 0 radical (unpaired) electrons. The van der Waals surface area contributed by atoms with Crippen LogP contribution < -0.4 is 5.73 Å². The van der Waals surface area contributed by atoms with Crippen molar-refractivity contribution in [3.8, 4) is 0 Å².